The Morgan fingerprint density at radius 2 is 2.00 bits per heavy atom. The first-order valence-electron chi connectivity index (χ1n) is 5.80. The number of hydrogen-bond donors (Lipinski definition) is 0. The molecule has 1 aliphatic carbocycles. The summed E-state index contributed by atoms with van der Waals surface area (Å²) in [4.78, 5) is 2.31. The van der Waals surface area contributed by atoms with E-state index < -0.39 is 0 Å². The third-order valence-electron chi connectivity index (χ3n) is 4.05. The van der Waals surface area contributed by atoms with Crippen LogP contribution < -0.4 is 4.90 Å². The molecule has 0 atom stereocenters. The van der Waals surface area contributed by atoms with Gasteiger partial charge in [0, 0.05) is 24.2 Å². The third kappa shape index (κ3) is 1.48. The summed E-state index contributed by atoms with van der Waals surface area (Å²) < 4.78 is 14.1. The molecule has 86 valence electrons. The summed E-state index contributed by atoms with van der Waals surface area (Å²) in [5.41, 5.74) is 2.82. The maximum absolute atomic E-state index is 13.5. The predicted molar refractivity (Wildman–Crippen MR) is 67.3 cm³/mol. The standard InChI is InChI=1S/C13H15BrFN/c1-9-5-10(14)11(15)6-12(9)16-7-13(8-16)3-2-4-13/h5-6H,2-4,7-8H2,1H3. The number of anilines is 1. The second kappa shape index (κ2) is 3.46. The van der Waals surface area contributed by atoms with Crippen LogP contribution >= 0.6 is 15.9 Å². The Labute approximate surface area is 104 Å². The van der Waals surface area contributed by atoms with Crippen LogP contribution in [0.15, 0.2) is 16.6 Å². The molecule has 3 heteroatoms. The van der Waals surface area contributed by atoms with Crippen LogP contribution in [0.1, 0.15) is 24.8 Å². The van der Waals surface area contributed by atoms with E-state index in [4.69, 9.17) is 0 Å². The second-order valence-electron chi connectivity index (χ2n) is 5.26. The molecular weight excluding hydrogens is 269 g/mol. The molecule has 1 aromatic carbocycles. The predicted octanol–water partition coefficient (Wildman–Crippen LogP) is 3.89. The molecule has 1 saturated carbocycles. The van der Waals surface area contributed by atoms with Crippen molar-refractivity contribution < 1.29 is 4.39 Å². The summed E-state index contributed by atoms with van der Waals surface area (Å²) in [5, 5.41) is 0. The Bertz CT molecular complexity index is 432. The van der Waals surface area contributed by atoms with E-state index in [1.807, 2.05) is 13.0 Å². The molecule has 0 N–H and O–H groups in total. The van der Waals surface area contributed by atoms with E-state index in [9.17, 15) is 4.39 Å². The first-order valence-corrected chi connectivity index (χ1v) is 6.60. The first kappa shape index (κ1) is 10.6. The van der Waals surface area contributed by atoms with Crippen molar-refractivity contribution >= 4 is 21.6 Å². The molecule has 0 unspecified atom stereocenters. The van der Waals surface area contributed by atoms with Gasteiger partial charge in [0.05, 0.1) is 4.47 Å². The number of aryl methyl sites for hydroxylation is 1. The van der Waals surface area contributed by atoms with Gasteiger partial charge in [-0.2, -0.15) is 0 Å². The minimum absolute atomic E-state index is 0.157. The van der Waals surface area contributed by atoms with E-state index in [0.717, 1.165) is 24.3 Å². The van der Waals surface area contributed by atoms with Crippen LogP contribution in [-0.4, -0.2) is 13.1 Å². The number of halogens is 2. The van der Waals surface area contributed by atoms with E-state index in [-0.39, 0.29) is 5.82 Å². The molecule has 2 fully saturated rings. The molecule has 2 aliphatic rings. The van der Waals surface area contributed by atoms with Gasteiger partial charge in [-0.25, -0.2) is 4.39 Å². The monoisotopic (exact) mass is 283 g/mol. The molecule has 16 heavy (non-hydrogen) atoms. The molecule has 0 radical (unpaired) electrons. The van der Waals surface area contributed by atoms with Crippen molar-refractivity contribution in [1.82, 2.24) is 0 Å². The minimum Gasteiger partial charge on any atom is -0.370 e. The Balaban J connectivity index is 1.83. The van der Waals surface area contributed by atoms with Gasteiger partial charge in [-0.3, -0.25) is 0 Å². The van der Waals surface area contributed by atoms with Crippen molar-refractivity contribution in [3.05, 3.63) is 28.0 Å². The van der Waals surface area contributed by atoms with Crippen molar-refractivity contribution in [2.45, 2.75) is 26.2 Å². The number of hydrogen-bond acceptors (Lipinski definition) is 1. The van der Waals surface area contributed by atoms with Gasteiger partial charge in [-0.15, -0.1) is 0 Å². The highest BCUT2D eigenvalue weighted by Crippen LogP contribution is 2.50. The molecule has 1 heterocycles. The summed E-state index contributed by atoms with van der Waals surface area (Å²) in [6.07, 6.45) is 4.10. The van der Waals surface area contributed by atoms with Gasteiger partial charge in [0.25, 0.3) is 0 Å². The molecule has 0 bridgehead atoms. The molecule has 1 aromatic rings. The normalized spacial score (nSPS) is 21.8. The highest BCUT2D eigenvalue weighted by Gasteiger charge is 2.47. The fraction of sp³-hybridized carbons (Fsp3) is 0.538. The fourth-order valence-corrected chi connectivity index (χ4v) is 3.36. The van der Waals surface area contributed by atoms with Crippen LogP contribution in [0, 0.1) is 18.2 Å². The highest BCUT2D eigenvalue weighted by atomic mass is 79.9. The zero-order valence-corrected chi connectivity index (χ0v) is 11.0. The average molecular weight is 284 g/mol. The van der Waals surface area contributed by atoms with Gasteiger partial charge < -0.3 is 4.90 Å². The largest absolute Gasteiger partial charge is 0.370 e. The number of rotatable bonds is 1. The van der Waals surface area contributed by atoms with Crippen molar-refractivity contribution in [1.29, 1.82) is 0 Å². The van der Waals surface area contributed by atoms with Gasteiger partial charge >= 0.3 is 0 Å². The van der Waals surface area contributed by atoms with Crippen molar-refractivity contribution in [2.75, 3.05) is 18.0 Å². The van der Waals surface area contributed by atoms with Gasteiger partial charge in [-0.1, -0.05) is 6.42 Å². The molecule has 0 aromatic heterocycles. The molecule has 0 amide bonds. The van der Waals surface area contributed by atoms with Crippen LogP contribution in [0.2, 0.25) is 0 Å². The van der Waals surface area contributed by atoms with Gasteiger partial charge in [0.15, 0.2) is 0 Å². The summed E-state index contributed by atoms with van der Waals surface area (Å²) >= 11 is 3.22. The van der Waals surface area contributed by atoms with Crippen LogP contribution in [0.25, 0.3) is 0 Å². The topological polar surface area (TPSA) is 3.24 Å². The smallest absolute Gasteiger partial charge is 0.139 e. The fourth-order valence-electron chi connectivity index (χ4n) is 2.90. The Hall–Kier alpha value is -0.570. The first-order chi connectivity index (χ1) is 7.60. The maximum Gasteiger partial charge on any atom is 0.139 e. The Morgan fingerprint density at radius 1 is 1.31 bits per heavy atom. The van der Waals surface area contributed by atoms with Gasteiger partial charge in [-0.05, 0) is 53.4 Å². The molecule has 1 saturated heterocycles. The summed E-state index contributed by atoms with van der Waals surface area (Å²) in [6, 6.07) is 3.53. The molecule has 1 spiro atoms. The van der Waals surface area contributed by atoms with Crippen LogP contribution in [0.4, 0.5) is 10.1 Å². The van der Waals surface area contributed by atoms with E-state index in [1.54, 1.807) is 6.07 Å². The van der Waals surface area contributed by atoms with Crippen molar-refractivity contribution in [3.8, 4) is 0 Å². The van der Waals surface area contributed by atoms with Crippen LogP contribution in [0.5, 0.6) is 0 Å². The lowest BCUT2D eigenvalue weighted by molar-refractivity contribution is 0.0902. The van der Waals surface area contributed by atoms with E-state index in [1.165, 1.54) is 19.3 Å². The van der Waals surface area contributed by atoms with Gasteiger partial charge in [0.2, 0.25) is 0 Å². The Morgan fingerprint density at radius 3 is 2.56 bits per heavy atom. The van der Waals surface area contributed by atoms with E-state index in [2.05, 4.69) is 20.8 Å². The van der Waals surface area contributed by atoms with Crippen molar-refractivity contribution in [2.24, 2.45) is 5.41 Å². The molecular formula is C13H15BrFN. The van der Waals surface area contributed by atoms with Crippen LogP contribution in [-0.2, 0) is 0 Å². The summed E-state index contributed by atoms with van der Waals surface area (Å²) in [5.74, 6) is -0.157. The SMILES string of the molecule is Cc1cc(Br)c(F)cc1N1CC2(CCC2)C1. The highest BCUT2D eigenvalue weighted by molar-refractivity contribution is 9.10. The van der Waals surface area contributed by atoms with Crippen LogP contribution in [0.3, 0.4) is 0 Å². The van der Waals surface area contributed by atoms with E-state index >= 15 is 0 Å². The quantitative estimate of drug-likeness (QED) is 0.756. The summed E-state index contributed by atoms with van der Waals surface area (Å²) in [6.45, 7) is 4.29. The van der Waals surface area contributed by atoms with Gasteiger partial charge in [0.1, 0.15) is 5.82 Å². The van der Waals surface area contributed by atoms with Crippen molar-refractivity contribution in [3.63, 3.8) is 0 Å². The average Bonchev–Trinajstić information content (AvgIpc) is 2.08. The number of nitrogens with zero attached hydrogens (tertiary/aromatic N) is 1. The van der Waals surface area contributed by atoms with E-state index in [0.29, 0.717) is 9.89 Å². The molecule has 1 nitrogen and oxygen atoms in total. The maximum atomic E-state index is 13.5. The molecule has 1 aliphatic heterocycles. The Kier molecular flexibility index (Phi) is 2.29. The third-order valence-corrected chi connectivity index (χ3v) is 4.65. The lowest BCUT2D eigenvalue weighted by atomic mass is 9.63. The number of benzene rings is 1. The zero-order chi connectivity index (χ0) is 11.3. The molecule has 3 rings (SSSR count). The minimum atomic E-state index is -0.157. The zero-order valence-electron chi connectivity index (χ0n) is 9.39. The lowest BCUT2D eigenvalue weighted by Crippen LogP contribution is -2.60. The second-order valence-corrected chi connectivity index (χ2v) is 6.12. The summed E-state index contributed by atoms with van der Waals surface area (Å²) in [7, 11) is 0. The lowest BCUT2D eigenvalue weighted by Gasteiger charge is -2.57.